The van der Waals surface area contributed by atoms with Crippen LogP contribution in [0.1, 0.15) is 32.6 Å². The third kappa shape index (κ3) is 3.02. The quantitative estimate of drug-likeness (QED) is 0.771. The third-order valence-electron chi connectivity index (χ3n) is 3.48. The predicted molar refractivity (Wildman–Crippen MR) is 76.8 cm³/mol. The summed E-state index contributed by atoms with van der Waals surface area (Å²) in [6.45, 7) is 6.68. The molecule has 0 aliphatic rings. The molecule has 0 spiro atoms. The molecule has 0 aliphatic carbocycles. The van der Waals surface area contributed by atoms with Gasteiger partial charge in [0, 0.05) is 5.56 Å². The monoisotopic (exact) mass is 254 g/mol. The van der Waals surface area contributed by atoms with Crippen LogP contribution in [0.15, 0.2) is 36.4 Å². The van der Waals surface area contributed by atoms with Crippen molar-refractivity contribution in [1.82, 2.24) is 0 Å². The van der Waals surface area contributed by atoms with E-state index in [4.69, 9.17) is 4.74 Å². The van der Waals surface area contributed by atoms with E-state index < -0.39 is 0 Å². The molecule has 0 N–H and O–H groups in total. The van der Waals surface area contributed by atoms with Crippen molar-refractivity contribution in [3.63, 3.8) is 0 Å². The first kappa shape index (κ1) is 13.3. The molecule has 0 atom stereocenters. The van der Waals surface area contributed by atoms with Gasteiger partial charge in [-0.2, -0.15) is 0 Å². The normalized spacial score (nSPS) is 10.3. The molecule has 0 radical (unpaired) electrons. The Kier molecular flexibility index (Phi) is 4.00. The minimum atomic E-state index is 0.414. The zero-order valence-electron chi connectivity index (χ0n) is 11.6. The lowest BCUT2D eigenvalue weighted by molar-refractivity contribution is 0.112. The molecule has 2 aromatic carbocycles. The Morgan fingerprint density at radius 2 is 1.68 bits per heavy atom. The van der Waals surface area contributed by atoms with Gasteiger partial charge in [0.1, 0.15) is 18.6 Å². The molecule has 0 fully saturated rings. The Labute approximate surface area is 114 Å². The molecular formula is C17H18O2. The van der Waals surface area contributed by atoms with E-state index in [0.29, 0.717) is 12.2 Å². The Hall–Kier alpha value is -2.09. The maximum absolute atomic E-state index is 10.9. The van der Waals surface area contributed by atoms with Gasteiger partial charge in [0.25, 0.3) is 0 Å². The van der Waals surface area contributed by atoms with Crippen molar-refractivity contribution in [2.75, 3.05) is 0 Å². The number of carbonyl (C=O) groups excluding carboxylic acids is 1. The summed E-state index contributed by atoms with van der Waals surface area (Å²) >= 11 is 0. The SMILES string of the molecule is Cc1cc(OCc2ccccc2C=O)cc(C)c1C. The van der Waals surface area contributed by atoms with E-state index in [1.165, 1.54) is 16.7 Å². The topological polar surface area (TPSA) is 26.3 Å². The fourth-order valence-electron chi connectivity index (χ4n) is 2.02. The zero-order chi connectivity index (χ0) is 13.8. The van der Waals surface area contributed by atoms with Crippen LogP contribution >= 0.6 is 0 Å². The van der Waals surface area contributed by atoms with E-state index in [1.54, 1.807) is 6.07 Å². The van der Waals surface area contributed by atoms with Crippen molar-refractivity contribution in [3.8, 4) is 5.75 Å². The maximum atomic E-state index is 10.9. The van der Waals surface area contributed by atoms with Crippen LogP contribution in [0.3, 0.4) is 0 Å². The van der Waals surface area contributed by atoms with Gasteiger partial charge in [-0.25, -0.2) is 0 Å². The largest absolute Gasteiger partial charge is 0.489 e. The number of benzene rings is 2. The molecule has 2 heteroatoms. The van der Waals surface area contributed by atoms with E-state index in [1.807, 2.05) is 30.3 Å². The summed E-state index contributed by atoms with van der Waals surface area (Å²) in [6.07, 6.45) is 0.865. The number of aldehydes is 1. The summed E-state index contributed by atoms with van der Waals surface area (Å²) in [6, 6.07) is 11.6. The van der Waals surface area contributed by atoms with E-state index in [0.717, 1.165) is 17.6 Å². The highest BCUT2D eigenvalue weighted by Crippen LogP contribution is 2.22. The van der Waals surface area contributed by atoms with Crippen molar-refractivity contribution < 1.29 is 9.53 Å². The second-order valence-corrected chi connectivity index (χ2v) is 4.79. The van der Waals surface area contributed by atoms with E-state index >= 15 is 0 Å². The van der Waals surface area contributed by atoms with Crippen molar-refractivity contribution in [1.29, 1.82) is 0 Å². The highest BCUT2D eigenvalue weighted by atomic mass is 16.5. The zero-order valence-corrected chi connectivity index (χ0v) is 11.6. The van der Waals surface area contributed by atoms with Gasteiger partial charge in [-0.15, -0.1) is 0 Å². The van der Waals surface area contributed by atoms with Gasteiger partial charge in [0.2, 0.25) is 0 Å². The lowest BCUT2D eigenvalue weighted by Crippen LogP contribution is -2.00. The second kappa shape index (κ2) is 5.70. The first-order valence-electron chi connectivity index (χ1n) is 6.35. The van der Waals surface area contributed by atoms with Gasteiger partial charge in [0.05, 0.1) is 0 Å². The highest BCUT2D eigenvalue weighted by Gasteiger charge is 2.04. The first-order chi connectivity index (χ1) is 9.11. The molecule has 0 heterocycles. The van der Waals surface area contributed by atoms with Crippen molar-refractivity contribution in [2.45, 2.75) is 27.4 Å². The fourth-order valence-corrected chi connectivity index (χ4v) is 2.02. The lowest BCUT2D eigenvalue weighted by Gasteiger charge is -2.11. The van der Waals surface area contributed by atoms with Gasteiger partial charge in [-0.05, 0) is 55.2 Å². The van der Waals surface area contributed by atoms with E-state index in [9.17, 15) is 4.79 Å². The second-order valence-electron chi connectivity index (χ2n) is 4.79. The molecule has 2 aromatic rings. The minimum absolute atomic E-state index is 0.414. The molecule has 19 heavy (non-hydrogen) atoms. The Balaban J connectivity index is 2.17. The van der Waals surface area contributed by atoms with Crippen LogP contribution in [-0.2, 0) is 6.61 Å². The van der Waals surface area contributed by atoms with Gasteiger partial charge in [-0.1, -0.05) is 24.3 Å². The van der Waals surface area contributed by atoms with Crippen LogP contribution < -0.4 is 4.74 Å². The molecule has 0 amide bonds. The molecule has 0 aromatic heterocycles. The molecule has 0 unspecified atom stereocenters. The van der Waals surface area contributed by atoms with Crippen molar-refractivity contribution >= 4 is 6.29 Å². The Morgan fingerprint density at radius 1 is 1.05 bits per heavy atom. The highest BCUT2D eigenvalue weighted by molar-refractivity contribution is 5.77. The lowest BCUT2D eigenvalue weighted by atomic mass is 10.0. The molecular weight excluding hydrogens is 236 g/mol. The molecule has 0 bridgehead atoms. The molecule has 0 saturated carbocycles. The average Bonchev–Trinajstić information content (AvgIpc) is 2.42. The van der Waals surface area contributed by atoms with Crippen LogP contribution in [-0.4, -0.2) is 6.29 Å². The summed E-state index contributed by atoms with van der Waals surface area (Å²) in [5.74, 6) is 0.848. The Bertz CT molecular complexity index is 577. The molecule has 2 nitrogen and oxygen atoms in total. The molecule has 98 valence electrons. The van der Waals surface area contributed by atoms with Gasteiger partial charge >= 0.3 is 0 Å². The summed E-state index contributed by atoms with van der Waals surface area (Å²) in [7, 11) is 0. The number of aryl methyl sites for hydroxylation is 2. The summed E-state index contributed by atoms with van der Waals surface area (Å²) in [5, 5.41) is 0. The van der Waals surface area contributed by atoms with Crippen LogP contribution in [0.2, 0.25) is 0 Å². The molecule has 0 saturated heterocycles. The standard InChI is InChI=1S/C17H18O2/c1-12-8-17(9-13(2)14(12)3)19-11-16-7-5-4-6-15(16)10-18/h4-10H,11H2,1-3H3. The van der Waals surface area contributed by atoms with Crippen LogP contribution in [0.25, 0.3) is 0 Å². The van der Waals surface area contributed by atoms with E-state index in [-0.39, 0.29) is 0 Å². The average molecular weight is 254 g/mol. The van der Waals surface area contributed by atoms with Crippen LogP contribution in [0.5, 0.6) is 5.75 Å². The van der Waals surface area contributed by atoms with Crippen molar-refractivity contribution in [3.05, 3.63) is 64.2 Å². The molecule has 0 aliphatic heterocycles. The summed E-state index contributed by atoms with van der Waals surface area (Å²) in [5.41, 5.74) is 5.33. The number of hydrogen-bond acceptors (Lipinski definition) is 2. The fraction of sp³-hybridized carbons (Fsp3) is 0.235. The minimum Gasteiger partial charge on any atom is -0.489 e. The third-order valence-corrected chi connectivity index (χ3v) is 3.48. The smallest absolute Gasteiger partial charge is 0.150 e. The van der Waals surface area contributed by atoms with Gasteiger partial charge < -0.3 is 4.74 Å². The number of hydrogen-bond donors (Lipinski definition) is 0. The summed E-state index contributed by atoms with van der Waals surface area (Å²) in [4.78, 5) is 10.9. The number of rotatable bonds is 4. The van der Waals surface area contributed by atoms with Crippen molar-refractivity contribution in [2.24, 2.45) is 0 Å². The molecule has 2 rings (SSSR count). The van der Waals surface area contributed by atoms with E-state index in [2.05, 4.69) is 20.8 Å². The van der Waals surface area contributed by atoms with Crippen LogP contribution in [0.4, 0.5) is 0 Å². The Morgan fingerprint density at radius 3 is 2.32 bits per heavy atom. The van der Waals surface area contributed by atoms with Crippen LogP contribution in [0, 0.1) is 20.8 Å². The summed E-state index contributed by atoms with van der Waals surface area (Å²) < 4.78 is 5.79. The number of carbonyl (C=O) groups is 1. The first-order valence-corrected chi connectivity index (χ1v) is 6.35. The van der Waals surface area contributed by atoms with Gasteiger partial charge in [-0.3, -0.25) is 4.79 Å². The predicted octanol–water partition coefficient (Wildman–Crippen LogP) is 4.00. The number of ether oxygens (including phenoxy) is 1. The van der Waals surface area contributed by atoms with Gasteiger partial charge in [0.15, 0.2) is 0 Å². The maximum Gasteiger partial charge on any atom is 0.150 e.